The van der Waals surface area contributed by atoms with Gasteiger partial charge in [0.15, 0.2) is 5.82 Å². The lowest BCUT2D eigenvalue weighted by atomic mass is 10.2. The number of rotatable bonds is 6. The Bertz CT molecular complexity index is 1330. The molecule has 0 atom stereocenters. The van der Waals surface area contributed by atoms with E-state index in [1.807, 2.05) is 42.4 Å². The van der Waals surface area contributed by atoms with Crippen LogP contribution in [0.1, 0.15) is 18.4 Å². The van der Waals surface area contributed by atoms with Gasteiger partial charge in [-0.1, -0.05) is 0 Å². The maximum Gasteiger partial charge on any atom is 0.225 e. The number of aryl methyl sites for hydroxylation is 1. The Kier molecular flexibility index (Phi) is 5.21. The van der Waals surface area contributed by atoms with Crippen LogP contribution < -0.4 is 5.32 Å². The molecule has 1 saturated carbocycles. The zero-order valence-corrected chi connectivity index (χ0v) is 19.1. The van der Waals surface area contributed by atoms with Gasteiger partial charge in [0, 0.05) is 57.4 Å². The van der Waals surface area contributed by atoms with Gasteiger partial charge >= 0.3 is 0 Å². The molecule has 2 N–H and O–H groups in total. The number of imidazole rings is 1. The van der Waals surface area contributed by atoms with E-state index >= 15 is 0 Å². The number of hydrogen-bond donors (Lipinski definition) is 2. The molecule has 1 aliphatic carbocycles. The lowest BCUT2D eigenvalue weighted by Crippen LogP contribution is -2.48. The molecule has 3 aromatic heterocycles. The van der Waals surface area contributed by atoms with Crippen LogP contribution in [0.2, 0.25) is 0 Å². The summed E-state index contributed by atoms with van der Waals surface area (Å²) in [6.07, 6.45) is 5.50. The second-order valence-corrected chi connectivity index (χ2v) is 9.07. The zero-order valence-electron chi connectivity index (χ0n) is 19.1. The molecule has 0 bridgehead atoms. The molecule has 1 saturated heterocycles. The van der Waals surface area contributed by atoms with Crippen molar-refractivity contribution in [1.82, 2.24) is 39.5 Å². The Morgan fingerprint density at radius 3 is 2.74 bits per heavy atom. The third kappa shape index (κ3) is 4.24. The van der Waals surface area contributed by atoms with Crippen molar-refractivity contribution in [3.63, 3.8) is 0 Å². The molecule has 1 aliphatic heterocycles. The number of nitrogens with one attached hydrogen (secondary N) is 2. The number of carbonyl (C=O) groups excluding carboxylic acids is 1. The van der Waals surface area contributed by atoms with Gasteiger partial charge in [0.1, 0.15) is 12.1 Å². The minimum absolute atomic E-state index is 0.303. The molecule has 4 heterocycles. The van der Waals surface area contributed by atoms with Gasteiger partial charge in [0.05, 0.1) is 11.0 Å². The summed E-state index contributed by atoms with van der Waals surface area (Å²) in [7, 11) is 1.87. The molecular weight excluding hydrogens is 430 g/mol. The van der Waals surface area contributed by atoms with Crippen molar-refractivity contribution in [2.75, 3.05) is 31.5 Å². The Labute approximate surface area is 197 Å². The van der Waals surface area contributed by atoms with Crippen molar-refractivity contribution in [3.05, 3.63) is 48.4 Å². The van der Waals surface area contributed by atoms with Crippen LogP contribution in [0, 0.1) is 5.92 Å². The summed E-state index contributed by atoms with van der Waals surface area (Å²) in [5.41, 5.74) is 3.93. The normalized spacial score (nSPS) is 16.8. The molecule has 0 radical (unpaired) electrons. The third-order valence-electron chi connectivity index (χ3n) is 6.54. The zero-order chi connectivity index (χ0) is 23.1. The predicted octanol–water partition coefficient (Wildman–Crippen LogP) is 2.55. The maximum absolute atomic E-state index is 12.3. The number of H-pyrrole nitrogens is 1. The number of aromatic amines is 1. The number of amides is 1. The van der Waals surface area contributed by atoms with Gasteiger partial charge in [0.25, 0.3) is 0 Å². The fraction of sp³-hybridized carbons (Fsp3) is 0.375. The van der Waals surface area contributed by atoms with Crippen LogP contribution in [0.15, 0.2) is 42.9 Å². The average molecular weight is 458 g/mol. The van der Waals surface area contributed by atoms with Crippen LogP contribution in [0.25, 0.3) is 22.4 Å². The highest BCUT2D eigenvalue weighted by molar-refractivity contribution is 5.83. The van der Waals surface area contributed by atoms with Crippen molar-refractivity contribution >= 4 is 28.7 Å². The first-order valence-electron chi connectivity index (χ1n) is 11.7. The summed E-state index contributed by atoms with van der Waals surface area (Å²) in [4.78, 5) is 33.5. The predicted molar refractivity (Wildman–Crippen MR) is 128 cm³/mol. The number of aromatic nitrogens is 6. The van der Waals surface area contributed by atoms with Crippen molar-refractivity contribution in [2.24, 2.45) is 13.0 Å². The first-order valence-corrected chi connectivity index (χ1v) is 11.7. The Hall–Kier alpha value is -3.79. The van der Waals surface area contributed by atoms with Crippen LogP contribution in [-0.4, -0.2) is 71.6 Å². The summed E-state index contributed by atoms with van der Waals surface area (Å²) in [5, 5.41) is 7.44. The summed E-state index contributed by atoms with van der Waals surface area (Å²) >= 11 is 0. The molecule has 0 spiro atoms. The van der Waals surface area contributed by atoms with Gasteiger partial charge in [-0.05, 0) is 48.7 Å². The fourth-order valence-electron chi connectivity index (χ4n) is 4.50. The van der Waals surface area contributed by atoms with Crippen molar-refractivity contribution in [2.45, 2.75) is 19.4 Å². The van der Waals surface area contributed by atoms with Gasteiger partial charge < -0.3 is 15.2 Å². The summed E-state index contributed by atoms with van der Waals surface area (Å²) in [6, 6.07) is 10.1. The summed E-state index contributed by atoms with van der Waals surface area (Å²) < 4.78 is 1.75. The smallest absolute Gasteiger partial charge is 0.225 e. The molecule has 4 aromatic rings. The van der Waals surface area contributed by atoms with Crippen LogP contribution >= 0.6 is 0 Å². The van der Waals surface area contributed by atoms with Crippen LogP contribution in [0.4, 0.5) is 11.8 Å². The van der Waals surface area contributed by atoms with Crippen LogP contribution in [0.3, 0.4) is 0 Å². The van der Waals surface area contributed by atoms with E-state index < -0.39 is 0 Å². The second kappa shape index (κ2) is 8.53. The van der Waals surface area contributed by atoms with Gasteiger partial charge in [-0.2, -0.15) is 5.10 Å². The van der Waals surface area contributed by atoms with E-state index in [1.54, 1.807) is 11.0 Å². The van der Waals surface area contributed by atoms with E-state index in [9.17, 15) is 4.79 Å². The molecule has 2 aliphatic rings. The van der Waals surface area contributed by atoms with Gasteiger partial charge in [-0.15, -0.1) is 0 Å². The molecular formula is C24H27N9O. The van der Waals surface area contributed by atoms with E-state index in [1.165, 1.54) is 5.56 Å². The number of anilines is 2. The minimum atomic E-state index is 0.303. The summed E-state index contributed by atoms with van der Waals surface area (Å²) in [6.45, 7) is 4.29. The number of carbonyl (C=O) groups is 1. The maximum atomic E-state index is 12.3. The molecule has 10 heteroatoms. The van der Waals surface area contributed by atoms with E-state index in [4.69, 9.17) is 0 Å². The molecule has 1 amide bonds. The highest BCUT2D eigenvalue weighted by Gasteiger charge is 2.34. The molecule has 1 aromatic carbocycles. The molecule has 174 valence electrons. The molecule has 2 fully saturated rings. The van der Waals surface area contributed by atoms with E-state index in [2.05, 4.69) is 41.3 Å². The van der Waals surface area contributed by atoms with Crippen molar-refractivity contribution in [1.29, 1.82) is 0 Å². The minimum Gasteiger partial charge on any atom is -0.340 e. The van der Waals surface area contributed by atoms with E-state index in [0.717, 1.165) is 73.8 Å². The highest BCUT2D eigenvalue weighted by atomic mass is 16.2. The lowest BCUT2D eigenvalue weighted by molar-refractivity contribution is -0.134. The van der Waals surface area contributed by atoms with Crippen molar-refractivity contribution < 1.29 is 4.79 Å². The Morgan fingerprint density at radius 2 is 1.97 bits per heavy atom. The van der Waals surface area contributed by atoms with Crippen LogP contribution in [-0.2, 0) is 18.4 Å². The highest BCUT2D eigenvalue weighted by Crippen LogP contribution is 2.31. The molecule has 6 rings (SSSR count). The average Bonchev–Trinajstić information content (AvgIpc) is 3.49. The van der Waals surface area contributed by atoms with Crippen molar-refractivity contribution in [3.8, 4) is 11.4 Å². The number of nitrogens with zero attached hydrogens (tertiary/aromatic N) is 7. The fourth-order valence-corrected chi connectivity index (χ4v) is 4.50. The van der Waals surface area contributed by atoms with E-state index in [0.29, 0.717) is 17.8 Å². The Morgan fingerprint density at radius 1 is 1.12 bits per heavy atom. The van der Waals surface area contributed by atoms with Gasteiger partial charge in [-0.3, -0.25) is 9.69 Å². The Balaban J connectivity index is 1.11. The molecule has 0 unspecified atom stereocenters. The quantitative estimate of drug-likeness (QED) is 0.458. The lowest BCUT2D eigenvalue weighted by Gasteiger charge is -2.34. The number of fused-ring (bicyclic) bond motifs is 1. The number of pyridine rings is 1. The first kappa shape index (κ1) is 20.8. The molecule has 34 heavy (non-hydrogen) atoms. The standard InChI is InChI=1S/C24H27N9O/c1-31-22(26-15-27-31)18-4-5-19-20(13-18)29-24(28-19)30-21-12-16(6-7-25-21)14-32-8-10-33(11-9-32)23(34)17-2-3-17/h4-7,12-13,15,17H,2-3,8-11,14H2,1H3,(H2,25,28,29,30). The topological polar surface area (TPSA) is 108 Å². The summed E-state index contributed by atoms with van der Waals surface area (Å²) in [5.74, 6) is 2.84. The molecule has 10 nitrogen and oxygen atoms in total. The SMILES string of the molecule is Cn1ncnc1-c1ccc2nc(Nc3cc(CN4CCN(C(=O)C5CC5)CC4)ccn3)[nH]c2c1. The van der Waals surface area contributed by atoms with E-state index in [-0.39, 0.29) is 0 Å². The second-order valence-electron chi connectivity index (χ2n) is 9.07. The first-order chi connectivity index (χ1) is 16.6. The largest absolute Gasteiger partial charge is 0.340 e. The number of piperazine rings is 1. The van der Waals surface area contributed by atoms with Gasteiger partial charge in [0.2, 0.25) is 11.9 Å². The van der Waals surface area contributed by atoms with Crippen LogP contribution in [0.5, 0.6) is 0 Å². The monoisotopic (exact) mass is 457 g/mol. The third-order valence-corrected chi connectivity index (χ3v) is 6.54. The number of benzene rings is 1. The number of hydrogen-bond acceptors (Lipinski definition) is 7. The van der Waals surface area contributed by atoms with Gasteiger partial charge in [-0.25, -0.2) is 19.6 Å².